The molecule has 0 aliphatic carbocycles. The van der Waals surface area contributed by atoms with Crippen molar-refractivity contribution in [3.05, 3.63) is 30.1 Å². The average molecular weight is 504 g/mol. The molecule has 1 aliphatic rings. The van der Waals surface area contributed by atoms with Gasteiger partial charge >= 0.3 is 6.09 Å². The largest absolute Gasteiger partial charge is 0.450 e. The summed E-state index contributed by atoms with van der Waals surface area (Å²) in [5.74, 6) is 0.527. The van der Waals surface area contributed by atoms with E-state index in [0.29, 0.717) is 44.3 Å². The SMILES string of the molecule is CCOC(=O)N1CCC(NC(=NC)NCCNC(=O)c2cccnc2)CC1.I. The third-order valence-electron chi connectivity index (χ3n) is 4.21. The molecule has 0 spiro atoms. The van der Waals surface area contributed by atoms with E-state index in [4.69, 9.17) is 4.74 Å². The number of amides is 2. The predicted molar refractivity (Wildman–Crippen MR) is 118 cm³/mol. The molecule has 2 amide bonds. The van der Waals surface area contributed by atoms with E-state index in [1.807, 2.05) is 0 Å². The molecule has 2 heterocycles. The summed E-state index contributed by atoms with van der Waals surface area (Å²) in [6.07, 6.45) is 4.58. The highest BCUT2D eigenvalue weighted by Gasteiger charge is 2.23. The number of piperidine rings is 1. The summed E-state index contributed by atoms with van der Waals surface area (Å²) in [5.41, 5.74) is 0.536. The first kappa shape index (κ1) is 23.9. The number of nitrogens with zero attached hydrogens (tertiary/aromatic N) is 3. The molecule has 0 aromatic carbocycles. The molecule has 1 fully saturated rings. The Labute approximate surface area is 182 Å². The van der Waals surface area contributed by atoms with Crippen LogP contribution >= 0.6 is 24.0 Å². The number of carbonyl (C=O) groups excluding carboxylic acids is 2. The molecule has 0 saturated carbocycles. The molecule has 0 atom stereocenters. The van der Waals surface area contributed by atoms with Crippen molar-refractivity contribution in [3.8, 4) is 0 Å². The summed E-state index contributed by atoms with van der Waals surface area (Å²) >= 11 is 0. The lowest BCUT2D eigenvalue weighted by Gasteiger charge is -2.32. The van der Waals surface area contributed by atoms with E-state index in [-0.39, 0.29) is 42.0 Å². The summed E-state index contributed by atoms with van der Waals surface area (Å²) in [6.45, 7) is 4.54. The Morgan fingerprint density at radius 3 is 2.61 bits per heavy atom. The minimum absolute atomic E-state index is 0. The summed E-state index contributed by atoms with van der Waals surface area (Å²) in [4.78, 5) is 33.5. The van der Waals surface area contributed by atoms with Crippen molar-refractivity contribution in [2.24, 2.45) is 4.99 Å². The fourth-order valence-corrected chi connectivity index (χ4v) is 2.77. The number of rotatable bonds is 6. The number of aliphatic imine (C=N–C) groups is 1. The van der Waals surface area contributed by atoms with Gasteiger partial charge < -0.3 is 25.6 Å². The molecule has 0 radical (unpaired) electrons. The van der Waals surface area contributed by atoms with Crippen LogP contribution in [0.4, 0.5) is 4.79 Å². The van der Waals surface area contributed by atoms with E-state index in [1.54, 1.807) is 37.2 Å². The van der Waals surface area contributed by atoms with Gasteiger partial charge in [0.05, 0.1) is 12.2 Å². The first-order valence-electron chi connectivity index (χ1n) is 9.21. The van der Waals surface area contributed by atoms with E-state index in [2.05, 4.69) is 25.9 Å². The number of ether oxygens (including phenoxy) is 1. The number of hydrogen-bond acceptors (Lipinski definition) is 5. The fraction of sp³-hybridized carbons (Fsp3) is 0.556. The van der Waals surface area contributed by atoms with Crippen LogP contribution in [0.2, 0.25) is 0 Å². The van der Waals surface area contributed by atoms with Gasteiger partial charge in [-0.1, -0.05) is 0 Å². The number of halogens is 1. The van der Waals surface area contributed by atoms with Gasteiger partial charge in [-0.15, -0.1) is 24.0 Å². The molecule has 1 aliphatic heterocycles. The van der Waals surface area contributed by atoms with Gasteiger partial charge in [-0.3, -0.25) is 14.8 Å². The second-order valence-corrected chi connectivity index (χ2v) is 6.10. The Hall–Kier alpha value is -2.11. The minimum atomic E-state index is -0.247. The lowest BCUT2D eigenvalue weighted by molar-refractivity contribution is 0.0947. The van der Waals surface area contributed by atoms with Crippen molar-refractivity contribution in [2.75, 3.05) is 39.8 Å². The molecule has 9 nitrogen and oxygen atoms in total. The molecule has 1 saturated heterocycles. The lowest BCUT2D eigenvalue weighted by atomic mass is 10.1. The van der Waals surface area contributed by atoms with Crippen LogP contribution in [0, 0.1) is 0 Å². The third kappa shape index (κ3) is 7.87. The monoisotopic (exact) mass is 504 g/mol. The topological polar surface area (TPSA) is 108 Å². The van der Waals surface area contributed by atoms with Gasteiger partial charge in [-0.25, -0.2) is 4.79 Å². The van der Waals surface area contributed by atoms with E-state index < -0.39 is 0 Å². The van der Waals surface area contributed by atoms with Crippen molar-refractivity contribution in [3.63, 3.8) is 0 Å². The third-order valence-corrected chi connectivity index (χ3v) is 4.21. The van der Waals surface area contributed by atoms with Crippen LogP contribution < -0.4 is 16.0 Å². The highest BCUT2D eigenvalue weighted by atomic mass is 127. The summed E-state index contributed by atoms with van der Waals surface area (Å²) in [7, 11) is 1.71. The standard InChI is InChI=1S/C18H28N6O3.HI/c1-3-27-18(26)24-11-6-15(7-12-24)23-17(19-2)22-10-9-21-16(25)14-5-4-8-20-13-14;/h4-5,8,13,15H,3,6-7,9-12H2,1-2H3,(H,21,25)(H2,19,22,23);1H. The van der Waals surface area contributed by atoms with Gasteiger partial charge in [0, 0.05) is 51.7 Å². The van der Waals surface area contributed by atoms with Gasteiger partial charge in [0.2, 0.25) is 0 Å². The molecule has 0 bridgehead atoms. The Kier molecular flexibility index (Phi) is 11.2. The molecule has 1 aromatic heterocycles. The van der Waals surface area contributed by atoms with Crippen LogP contribution in [0.5, 0.6) is 0 Å². The summed E-state index contributed by atoms with van der Waals surface area (Å²) in [5, 5.41) is 9.37. The number of aromatic nitrogens is 1. The van der Waals surface area contributed by atoms with Crippen molar-refractivity contribution in [2.45, 2.75) is 25.8 Å². The Balaban J connectivity index is 0.00000392. The van der Waals surface area contributed by atoms with Crippen LogP contribution in [0.1, 0.15) is 30.1 Å². The Morgan fingerprint density at radius 2 is 2.00 bits per heavy atom. The quantitative estimate of drug-likeness (QED) is 0.233. The van der Waals surface area contributed by atoms with Gasteiger partial charge in [0.15, 0.2) is 5.96 Å². The number of pyridine rings is 1. The number of likely N-dealkylation sites (tertiary alicyclic amines) is 1. The molecular weight excluding hydrogens is 475 g/mol. The number of hydrogen-bond donors (Lipinski definition) is 3. The molecular formula is C18H29IN6O3. The normalized spacial score (nSPS) is 14.6. The molecule has 0 unspecified atom stereocenters. The second kappa shape index (κ2) is 13.1. The number of guanidine groups is 1. The molecule has 3 N–H and O–H groups in total. The molecule has 10 heteroatoms. The lowest BCUT2D eigenvalue weighted by Crippen LogP contribution is -2.50. The number of carbonyl (C=O) groups is 2. The first-order valence-corrected chi connectivity index (χ1v) is 9.21. The van der Waals surface area contributed by atoms with Crippen LogP contribution in [0.3, 0.4) is 0 Å². The first-order chi connectivity index (χ1) is 13.1. The Bertz CT molecular complexity index is 635. The summed E-state index contributed by atoms with van der Waals surface area (Å²) < 4.78 is 5.03. The maximum absolute atomic E-state index is 11.9. The molecule has 2 rings (SSSR count). The molecule has 1 aromatic rings. The van der Waals surface area contributed by atoms with E-state index >= 15 is 0 Å². The zero-order valence-electron chi connectivity index (χ0n) is 16.3. The van der Waals surface area contributed by atoms with E-state index in [9.17, 15) is 9.59 Å². The maximum Gasteiger partial charge on any atom is 0.409 e. The summed E-state index contributed by atoms with van der Waals surface area (Å²) in [6, 6.07) is 3.69. The van der Waals surface area contributed by atoms with Crippen molar-refractivity contribution in [1.82, 2.24) is 25.8 Å². The van der Waals surface area contributed by atoms with Gasteiger partial charge in [0.25, 0.3) is 5.91 Å². The van der Waals surface area contributed by atoms with Gasteiger partial charge in [0.1, 0.15) is 0 Å². The maximum atomic E-state index is 11.9. The van der Waals surface area contributed by atoms with Crippen LogP contribution in [-0.4, -0.2) is 73.7 Å². The Morgan fingerprint density at radius 1 is 1.29 bits per heavy atom. The minimum Gasteiger partial charge on any atom is -0.450 e. The number of nitrogens with one attached hydrogen (secondary N) is 3. The second-order valence-electron chi connectivity index (χ2n) is 6.10. The van der Waals surface area contributed by atoms with Gasteiger partial charge in [-0.05, 0) is 31.9 Å². The van der Waals surface area contributed by atoms with E-state index in [1.165, 1.54) is 6.20 Å². The van der Waals surface area contributed by atoms with Crippen molar-refractivity contribution in [1.29, 1.82) is 0 Å². The predicted octanol–water partition coefficient (Wildman–Crippen LogP) is 1.22. The van der Waals surface area contributed by atoms with Crippen LogP contribution in [0.15, 0.2) is 29.5 Å². The van der Waals surface area contributed by atoms with Crippen LogP contribution in [-0.2, 0) is 4.74 Å². The zero-order valence-corrected chi connectivity index (χ0v) is 18.6. The van der Waals surface area contributed by atoms with E-state index in [0.717, 1.165) is 12.8 Å². The highest BCUT2D eigenvalue weighted by molar-refractivity contribution is 14.0. The fourth-order valence-electron chi connectivity index (χ4n) is 2.77. The highest BCUT2D eigenvalue weighted by Crippen LogP contribution is 2.11. The molecule has 28 heavy (non-hydrogen) atoms. The zero-order chi connectivity index (χ0) is 19.5. The van der Waals surface area contributed by atoms with Crippen molar-refractivity contribution < 1.29 is 14.3 Å². The van der Waals surface area contributed by atoms with Crippen LogP contribution in [0.25, 0.3) is 0 Å². The average Bonchev–Trinajstić information content (AvgIpc) is 2.71. The van der Waals surface area contributed by atoms with Gasteiger partial charge in [-0.2, -0.15) is 0 Å². The molecule has 156 valence electrons. The smallest absolute Gasteiger partial charge is 0.409 e. The van der Waals surface area contributed by atoms with Crippen molar-refractivity contribution >= 4 is 41.9 Å².